The number of benzene rings is 2. The third kappa shape index (κ3) is 6.17. The van der Waals surface area contributed by atoms with Crippen LogP contribution in [-0.2, 0) is 23.1 Å². The number of hydrogen-bond donors (Lipinski definition) is 3. The first kappa shape index (κ1) is 25.1. The van der Waals surface area contributed by atoms with E-state index >= 15 is 0 Å². The van der Waals surface area contributed by atoms with Gasteiger partial charge in [-0.25, -0.2) is 9.48 Å². The predicted molar refractivity (Wildman–Crippen MR) is 132 cm³/mol. The molecule has 0 saturated carbocycles. The second kappa shape index (κ2) is 11.6. The summed E-state index contributed by atoms with van der Waals surface area (Å²) in [5.74, 6) is 0.704. The highest BCUT2D eigenvalue weighted by Gasteiger charge is 2.38. The lowest BCUT2D eigenvalue weighted by Crippen LogP contribution is -2.38. The molecule has 3 N–H and O–H groups in total. The Morgan fingerprint density at radius 2 is 1.83 bits per heavy atom. The summed E-state index contributed by atoms with van der Waals surface area (Å²) in [5.41, 5.74) is 3.41. The topological polar surface area (TPSA) is 123 Å². The van der Waals surface area contributed by atoms with Crippen LogP contribution >= 0.6 is 11.8 Å². The molecular formula is C24H30N6O4S. The number of urea groups is 1. The van der Waals surface area contributed by atoms with Gasteiger partial charge < -0.3 is 25.2 Å². The lowest BCUT2D eigenvalue weighted by Gasteiger charge is -2.41. The fraction of sp³-hybridized carbons (Fsp3) is 0.417. The highest BCUT2D eigenvalue weighted by molar-refractivity contribution is 7.99. The number of carbonyl (C=O) groups excluding carboxylic acids is 1. The molecule has 2 aromatic carbocycles. The number of nitrogens with zero attached hydrogens (tertiary/aromatic N) is 4. The Kier molecular flexibility index (Phi) is 8.34. The van der Waals surface area contributed by atoms with Crippen LogP contribution < -0.4 is 10.6 Å². The SMILES string of the molecule is CCNC(=O)Nc1ccc([C@@H]2O[C@H](CSc3nnnn3C)[C@H](C)[C@H](c3ccc(CO)cc3)O2)cc1. The molecule has 4 atom stereocenters. The molecule has 4 rings (SSSR count). The molecule has 1 aliphatic heterocycles. The second-order valence-corrected chi connectivity index (χ2v) is 9.31. The van der Waals surface area contributed by atoms with Crippen LogP contribution in [0.3, 0.4) is 0 Å². The molecule has 0 unspecified atom stereocenters. The van der Waals surface area contributed by atoms with Crippen LogP contribution in [-0.4, -0.2) is 49.7 Å². The number of rotatable bonds is 8. The first-order chi connectivity index (χ1) is 17.0. The molecule has 0 spiro atoms. The fourth-order valence-electron chi connectivity index (χ4n) is 3.87. The average molecular weight is 499 g/mol. The van der Waals surface area contributed by atoms with Crippen LogP contribution in [0.4, 0.5) is 10.5 Å². The van der Waals surface area contributed by atoms with E-state index in [4.69, 9.17) is 9.47 Å². The first-order valence-corrected chi connectivity index (χ1v) is 12.5. The van der Waals surface area contributed by atoms with Crippen molar-refractivity contribution in [2.75, 3.05) is 17.6 Å². The molecule has 1 aromatic heterocycles. The lowest BCUT2D eigenvalue weighted by molar-refractivity contribution is -0.268. The van der Waals surface area contributed by atoms with Gasteiger partial charge in [0.15, 0.2) is 6.29 Å². The van der Waals surface area contributed by atoms with Crippen molar-refractivity contribution >= 4 is 23.5 Å². The summed E-state index contributed by atoms with van der Waals surface area (Å²) < 4.78 is 14.5. The number of nitrogens with one attached hydrogen (secondary N) is 2. The smallest absolute Gasteiger partial charge is 0.319 e. The summed E-state index contributed by atoms with van der Waals surface area (Å²) >= 11 is 1.54. The van der Waals surface area contributed by atoms with Crippen LogP contribution in [0, 0.1) is 5.92 Å². The fourth-order valence-corrected chi connectivity index (χ4v) is 4.88. The van der Waals surface area contributed by atoms with E-state index in [0.717, 1.165) is 16.7 Å². The van der Waals surface area contributed by atoms with Crippen molar-refractivity contribution in [3.8, 4) is 0 Å². The Balaban J connectivity index is 1.54. The van der Waals surface area contributed by atoms with E-state index in [1.165, 1.54) is 11.8 Å². The molecule has 1 saturated heterocycles. The van der Waals surface area contributed by atoms with Gasteiger partial charge in [0.25, 0.3) is 0 Å². The number of ether oxygens (including phenoxy) is 2. The van der Waals surface area contributed by atoms with Crippen molar-refractivity contribution in [2.24, 2.45) is 13.0 Å². The normalized spacial score (nSPS) is 22.1. The number of carbonyl (C=O) groups is 1. The first-order valence-electron chi connectivity index (χ1n) is 11.5. The Hall–Kier alpha value is -2.99. The van der Waals surface area contributed by atoms with Crippen LogP contribution in [0.2, 0.25) is 0 Å². The van der Waals surface area contributed by atoms with Crippen LogP contribution in [0.25, 0.3) is 0 Å². The highest BCUT2D eigenvalue weighted by Crippen LogP contribution is 2.42. The number of aryl methyl sites for hydroxylation is 1. The van der Waals surface area contributed by atoms with Gasteiger partial charge in [-0.3, -0.25) is 0 Å². The third-order valence-electron chi connectivity index (χ3n) is 5.86. The summed E-state index contributed by atoms with van der Waals surface area (Å²) in [7, 11) is 1.81. The molecule has 2 amide bonds. The quantitative estimate of drug-likeness (QED) is 0.404. The number of aliphatic hydroxyl groups is 1. The molecule has 11 heteroatoms. The van der Waals surface area contributed by atoms with Gasteiger partial charge in [-0.1, -0.05) is 55.1 Å². The van der Waals surface area contributed by atoms with Gasteiger partial charge in [0.1, 0.15) is 0 Å². The molecule has 10 nitrogen and oxygen atoms in total. The van der Waals surface area contributed by atoms with Crippen molar-refractivity contribution < 1.29 is 19.4 Å². The maximum atomic E-state index is 11.8. The minimum Gasteiger partial charge on any atom is -0.392 e. The van der Waals surface area contributed by atoms with Crippen LogP contribution in [0.1, 0.15) is 42.9 Å². The number of aliphatic hydroxyl groups excluding tert-OH is 1. The van der Waals surface area contributed by atoms with E-state index in [-0.39, 0.29) is 30.8 Å². The molecular weight excluding hydrogens is 468 g/mol. The van der Waals surface area contributed by atoms with Gasteiger partial charge in [0.2, 0.25) is 5.16 Å². The largest absolute Gasteiger partial charge is 0.392 e. The van der Waals surface area contributed by atoms with Crippen LogP contribution in [0.5, 0.6) is 0 Å². The zero-order chi connectivity index (χ0) is 24.8. The molecule has 35 heavy (non-hydrogen) atoms. The van der Waals surface area contributed by atoms with E-state index in [1.54, 1.807) is 11.7 Å². The number of thioether (sulfide) groups is 1. The number of tetrazole rings is 1. The van der Waals surface area contributed by atoms with Gasteiger partial charge in [-0.15, -0.1) is 5.10 Å². The Morgan fingerprint density at radius 3 is 2.46 bits per heavy atom. The summed E-state index contributed by atoms with van der Waals surface area (Å²) in [6.07, 6.45) is -0.931. The van der Waals surface area contributed by atoms with Gasteiger partial charge in [-0.05, 0) is 40.6 Å². The maximum Gasteiger partial charge on any atom is 0.319 e. The van der Waals surface area contributed by atoms with Gasteiger partial charge in [-0.2, -0.15) is 0 Å². The molecule has 0 aliphatic carbocycles. The molecule has 0 bridgehead atoms. The van der Waals surface area contributed by atoms with Crippen molar-refractivity contribution in [2.45, 2.75) is 44.1 Å². The van der Waals surface area contributed by atoms with Gasteiger partial charge in [0, 0.05) is 36.5 Å². The summed E-state index contributed by atoms with van der Waals surface area (Å²) in [5, 5.41) is 27.3. The van der Waals surface area contributed by atoms with E-state index < -0.39 is 6.29 Å². The van der Waals surface area contributed by atoms with E-state index in [2.05, 4.69) is 33.1 Å². The minimum atomic E-state index is -0.588. The highest BCUT2D eigenvalue weighted by atomic mass is 32.2. The Morgan fingerprint density at radius 1 is 1.11 bits per heavy atom. The lowest BCUT2D eigenvalue weighted by atomic mass is 9.91. The van der Waals surface area contributed by atoms with Crippen molar-refractivity contribution in [3.05, 3.63) is 65.2 Å². The second-order valence-electron chi connectivity index (χ2n) is 8.32. The molecule has 2 heterocycles. The standard InChI is InChI=1S/C24H30N6O4S/c1-4-25-23(32)26-19-11-9-18(10-12-19)22-33-20(14-35-24-27-28-29-30(24)3)15(2)21(34-22)17-7-5-16(13-31)6-8-17/h5-12,15,20-22,31H,4,13-14H2,1-3H3,(H2,25,26,32)/t15-,20+,21+,22+/m0/s1. The zero-order valence-corrected chi connectivity index (χ0v) is 20.7. The van der Waals surface area contributed by atoms with Gasteiger partial charge >= 0.3 is 6.03 Å². The predicted octanol–water partition coefficient (Wildman–Crippen LogP) is 3.43. The zero-order valence-electron chi connectivity index (χ0n) is 19.9. The number of amides is 2. The summed E-state index contributed by atoms with van der Waals surface area (Å²) in [6.45, 7) is 4.52. The van der Waals surface area contributed by atoms with E-state index in [9.17, 15) is 9.90 Å². The van der Waals surface area contributed by atoms with E-state index in [0.29, 0.717) is 23.1 Å². The number of anilines is 1. The number of hydrogen-bond acceptors (Lipinski definition) is 8. The number of aromatic nitrogens is 4. The Bertz CT molecular complexity index is 1110. The monoisotopic (exact) mass is 498 g/mol. The molecule has 1 aliphatic rings. The van der Waals surface area contributed by atoms with Gasteiger partial charge in [0.05, 0.1) is 18.8 Å². The third-order valence-corrected chi connectivity index (χ3v) is 6.96. The summed E-state index contributed by atoms with van der Waals surface area (Å²) in [4.78, 5) is 11.8. The molecule has 0 radical (unpaired) electrons. The van der Waals surface area contributed by atoms with Crippen LogP contribution in [0.15, 0.2) is 53.7 Å². The average Bonchev–Trinajstić information content (AvgIpc) is 3.28. The molecule has 3 aromatic rings. The summed E-state index contributed by atoms with van der Waals surface area (Å²) in [6, 6.07) is 15.0. The van der Waals surface area contributed by atoms with E-state index in [1.807, 2.05) is 55.5 Å². The molecule has 1 fully saturated rings. The van der Waals surface area contributed by atoms with Crippen molar-refractivity contribution in [3.63, 3.8) is 0 Å². The molecule has 186 valence electrons. The Labute approximate surface area is 208 Å². The maximum absolute atomic E-state index is 11.8. The van der Waals surface area contributed by atoms with Crippen molar-refractivity contribution in [1.82, 2.24) is 25.5 Å². The minimum absolute atomic E-state index is 0.00520. The van der Waals surface area contributed by atoms with Crippen molar-refractivity contribution in [1.29, 1.82) is 0 Å².